The van der Waals surface area contributed by atoms with Crippen LogP contribution in [0.5, 0.6) is 5.75 Å². The van der Waals surface area contributed by atoms with Crippen LogP contribution in [0.1, 0.15) is 18.1 Å². The van der Waals surface area contributed by atoms with Gasteiger partial charge in [0.2, 0.25) is 0 Å². The first-order chi connectivity index (χ1) is 9.43. The number of anilines is 1. The number of benzene rings is 1. The van der Waals surface area contributed by atoms with Crippen LogP contribution in [-0.4, -0.2) is 31.4 Å². The van der Waals surface area contributed by atoms with Gasteiger partial charge in [-0.1, -0.05) is 11.6 Å². The minimum atomic E-state index is -0.417. The lowest BCUT2D eigenvalue weighted by atomic mass is 10.1. The fraction of sp³-hybridized carbons (Fsp3) is 0.462. The Morgan fingerprint density at radius 2 is 2.30 bits per heavy atom. The minimum Gasteiger partial charge on any atom is -0.488 e. The first-order valence-electron chi connectivity index (χ1n) is 6.26. The van der Waals surface area contributed by atoms with E-state index in [0.717, 1.165) is 27.6 Å². The van der Waals surface area contributed by atoms with Gasteiger partial charge in [-0.15, -0.1) is 0 Å². The molecule has 1 aromatic rings. The largest absolute Gasteiger partial charge is 0.488 e. The van der Waals surface area contributed by atoms with Crippen LogP contribution in [0.4, 0.5) is 10.5 Å². The molecule has 1 aliphatic heterocycles. The van der Waals surface area contributed by atoms with Gasteiger partial charge in [-0.05, 0) is 25.5 Å². The highest BCUT2D eigenvalue weighted by atomic mass is 35.5. The zero-order valence-corrected chi connectivity index (χ0v) is 12.7. The van der Waals surface area contributed by atoms with Crippen LogP contribution >= 0.6 is 11.6 Å². The van der Waals surface area contributed by atoms with Crippen LogP contribution in [0.25, 0.3) is 0 Å². The van der Waals surface area contributed by atoms with Crippen LogP contribution < -0.4 is 15.6 Å². The molecule has 7 heteroatoms. The van der Waals surface area contributed by atoms with E-state index in [-0.39, 0.29) is 6.10 Å². The molecule has 0 spiro atoms. The van der Waals surface area contributed by atoms with Crippen molar-refractivity contribution < 1.29 is 14.4 Å². The summed E-state index contributed by atoms with van der Waals surface area (Å²) in [5, 5.41) is 1.79. The number of ether oxygens (including phenoxy) is 1. The normalized spacial score (nSPS) is 16.4. The summed E-state index contributed by atoms with van der Waals surface area (Å²) in [4.78, 5) is 16.4. The predicted molar refractivity (Wildman–Crippen MR) is 76.9 cm³/mol. The van der Waals surface area contributed by atoms with Crippen molar-refractivity contribution in [1.29, 1.82) is 0 Å². The van der Waals surface area contributed by atoms with Crippen LogP contribution in [0.15, 0.2) is 6.07 Å². The number of carbonyl (C=O) groups is 1. The number of hydrogen-bond donors (Lipinski definition) is 2. The number of aryl methyl sites for hydroxylation is 1. The lowest BCUT2D eigenvalue weighted by Gasteiger charge is -2.18. The predicted octanol–water partition coefficient (Wildman–Crippen LogP) is 2.50. The van der Waals surface area contributed by atoms with Gasteiger partial charge in [-0.2, -0.15) is 0 Å². The van der Waals surface area contributed by atoms with Gasteiger partial charge in [0.1, 0.15) is 11.9 Å². The first-order valence-corrected chi connectivity index (χ1v) is 6.64. The topological polar surface area (TPSA) is 62.8 Å². The summed E-state index contributed by atoms with van der Waals surface area (Å²) in [5.41, 5.74) is 7.96. The summed E-state index contributed by atoms with van der Waals surface area (Å²) >= 11 is 6.29. The highest BCUT2D eigenvalue weighted by Crippen LogP contribution is 2.42. The third kappa shape index (κ3) is 2.76. The molecule has 20 heavy (non-hydrogen) atoms. The second-order valence-electron chi connectivity index (χ2n) is 4.73. The minimum absolute atomic E-state index is 0.0715. The number of nitrogens with zero attached hydrogens (tertiary/aromatic N) is 1. The summed E-state index contributed by atoms with van der Waals surface area (Å²) in [6, 6.07) is 1.42. The van der Waals surface area contributed by atoms with Crippen molar-refractivity contribution in [3.63, 3.8) is 0 Å². The van der Waals surface area contributed by atoms with Crippen molar-refractivity contribution in [2.45, 2.75) is 26.4 Å². The molecule has 0 saturated carbocycles. The molecule has 1 atom stereocenters. The summed E-state index contributed by atoms with van der Waals surface area (Å²) in [7, 11) is 2.92. The number of rotatable bonds is 3. The van der Waals surface area contributed by atoms with Gasteiger partial charge in [-0.25, -0.2) is 15.3 Å². The molecule has 1 aromatic carbocycles. The Hall–Kier alpha value is -1.66. The Morgan fingerprint density at radius 1 is 1.60 bits per heavy atom. The maximum atomic E-state index is 11.6. The number of hydrogen-bond acceptors (Lipinski definition) is 4. The number of halogens is 1. The van der Waals surface area contributed by atoms with Crippen LogP contribution in [-0.2, 0) is 11.3 Å². The number of nitrogens with one attached hydrogen (secondary N) is 2. The highest BCUT2D eigenvalue weighted by Gasteiger charge is 2.26. The lowest BCUT2D eigenvalue weighted by molar-refractivity contribution is -0.0641. The van der Waals surface area contributed by atoms with Crippen molar-refractivity contribution in [2.24, 2.45) is 0 Å². The second kappa shape index (κ2) is 5.76. The summed E-state index contributed by atoms with van der Waals surface area (Å²) in [6.07, 6.45) is 0.832. The van der Waals surface area contributed by atoms with E-state index in [0.29, 0.717) is 11.4 Å². The molecule has 0 radical (unpaired) electrons. The third-order valence-corrected chi connectivity index (χ3v) is 3.69. The van der Waals surface area contributed by atoms with E-state index in [2.05, 4.69) is 10.9 Å². The van der Waals surface area contributed by atoms with Crippen LogP contribution in [0.2, 0.25) is 5.02 Å². The Kier molecular flexibility index (Phi) is 4.25. The smallest absolute Gasteiger partial charge is 0.359 e. The fourth-order valence-corrected chi connectivity index (χ4v) is 2.29. The molecule has 1 unspecified atom stereocenters. The van der Waals surface area contributed by atoms with Gasteiger partial charge in [-0.3, -0.25) is 10.3 Å². The molecule has 0 aromatic heterocycles. The van der Waals surface area contributed by atoms with Crippen molar-refractivity contribution in [3.8, 4) is 5.75 Å². The molecular weight excluding hydrogens is 282 g/mol. The van der Waals surface area contributed by atoms with E-state index in [4.69, 9.17) is 21.2 Å². The van der Waals surface area contributed by atoms with Crippen molar-refractivity contribution in [3.05, 3.63) is 22.2 Å². The highest BCUT2D eigenvalue weighted by molar-refractivity contribution is 6.32. The monoisotopic (exact) mass is 299 g/mol. The molecule has 0 aliphatic carbocycles. The average Bonchev–Trinajstić information content (AvgIpc) is 2.82. The number of amides is 2. The van der Waals surface area contributed by atoms with Gasteiger partial charge in [0.15, 0.2) is 0 Å². The number of hydroxylamine groups is 2. The van der Waals surface area contributed by atoms with Crippen molar-refractivity contribution in [1.82, 2.24) is 10.5 Å². The number of carbonyl (C=O) groups excluding carboxylic acids is 1. The average molecular weight is 300 g/mol. The molecule has 110 valence electrons. The molecular formula is C13H18ClN3O3. The summed E-state index contributed by atoms with van der Waals surface area (Å²) in [5.74, 6) is 0.688. The molecule has 1 heterocycles. The van der Waals surface area contributed by atoms with Gasteiger partial charge in [0.05, 0.1) is 17.8 Å². The Labute approximate surface area is 122 Å². The van der Waals surface area contributed by atoms with E-state index in [1.54, 1.807) is 0 Å². The summed E-state index contributed by atoms with van der Waals surface area (Å²) in [6.45, 7) is 3.90. The molecule has 2 rings (SSSR count). The zero-order valence-electron chi connectivity index (χ0n) is 11.9. The zero-order chi connectivity index (χ0) is 14.9. The Bertz CT molecular complexity index is 536. The Balaban J connectivity index is 2.19. The summed E-state index contributed by atoms with van der Waals surface area (Å²) < 4.78 is 5.75. The molecule has 2 amide bonds. The quantitative estimate of drug-likeness (QED) is 0.842. The molecule has 2 N–H and O–H groups in total. The SMILES string of the molecule is CON(C)C(=O)NNc1cc(C)c(Cl)c2c1OC(C)C2. The van der Waals surface area contributed by atoms with E-state index in [1.165, 1.54) is 14.2 Å². The molecule has 6 nitrogen and oxygen atoms in total. The van der Waals surface area contributed by atoms with Gasteiger partial charge >= 0.3 is 6.03 Å². The van der Waals surface area contributed by atoms with E-state index in [9.17, 15) is 4.79 Å². The van der Waals surface area contributed by atoms with Gasteiger partial charge in [0, 0.05) is 19.0 Å². The molecule has 0 bridgehead atoms. The first kappa shape index (κ1) is 14.7. The lowest BCUT2D eigenvalue weighted by Crippen LogP contribution is -2.39. The number of hydrazine groups is 1. The fourth-order valence-electron chi connectivity index (χ4n) is 2.07. The van der Waals surface area contributed by atoms with E-state index < -0.39 is 6.03 Å². The maximum Gasteiger partial charge on any atom is 0.359 e. The second-order valence-corrected chi connectivity index (χ2v) is 5.11. The van der Waals surface area contributed by atoms with Crippen molar-refractivity contribution >= 4 is 23.3 Å². The number of urea groups is 1. The van der Waals surface area contributed by atoms with Crippen LogP contribution in [0.3, 0.4) is 0 Å². The maximum absolute atomic E-state index is 11.6. The van der Waals surface area contributed by atoms with Gasteiger partial charge < -0.3 is 4.74 Å². The molecule has 0 saturated heterocycles. The number of fused-ring (bicyclic) bond motifs is 1. The molecule has 0 fully saturated rings. The van der Waals surface area contributed by atoms with Crippen molar-refractivity contribution in [2.75, 3.05) is 19.6 Å². The van der Waals surface area contributed by atoms with Gasteiger partial charge in [0.25, 0.3) is 0 Å². The molecule has 1 aliphatic rings. The van der Waals surface area contributed by atoms with E-state index in [1.807, 2.05) is 19.9 Å². The third-order valence-electron chi connectivity index (χ3n) is 3.17. The van der Waals surface area contributed by atoms with E-state index >= 15 is 0 Å². The Morgan fingerprint density at radius 3 is 2.95 bits per heavy atom. The standard InChI is InChI=1S/C13H18ClN3O3/c1-7-5-10(15-16-13(18)17(3)19-4)12-9(11(7)14)6-8(2)20-12/h5,8,15H,6H2,1-4H3,(H,16,18). The van der Waals surface area contributed by atoms with Crippen LogP contribution in [0, 0.1) is 6.92 Å².